The van der Waals surface area contributed by atoms with Crippen LogP contribution in [0, 0.1) is 0 Å². The molecular weight excluding hydrogens is 452 g/mol. The molecule has 7 nitrogen and oxygen atoms in total. The third kappa shape index (κ3) is 4.54. The smallest absolute Gasteiger partial charge is 0.262 e. The lowest BCUT2D eigenvalue weighted by atomic mass is 10.2. The molecule has 0 N–H and O–H groups in total. The average Bonchev–Trinajstić information content (AvgIpc) is 2.88. The number of hydrogen-bond donors (Lipinski definition) is 0. The minimum Gasteiger partial charge on any atom is -0.496 e. The molecule has 34 heavy (non-hydrogen) atoms. The van der Waals surface area contributed by atoms with E-state index in [1.807, 2.05) is 54.6 Å². The maximum absolute atomic E-state index is 13.8. The van der Waals surface area contributed by atoms with E-state index >= 15 is 0 Å². The second-order valence-corrected chi connectivity index (χ2v) is 8.36. The molecule has 0 fully saturated rings. The van der Waals surface area contributed by atoms with Crippen LogP contribution in [0.1, 0.15) is 11.1 Å². The van der Waals surface area contributed by atoms with E-state index in [0.717, 1.165) is 16.9 Å². The summed E-state index contributed by atoms with van der Waals surface area (Å²) < 4.78 is 23.8. The van der Waals surface area contributed by atoms with Gasteiger partial charge in [-0.2, -0.15) is 0 Å². The van der Waals surface area contributed by atoms with Crippen molar-refractivity contribution >= 4 is 22.7 Å². The van der Waals surface area contributed by atoms with E-state index in [-0.39, 0.29) is 5.56 Å². The standard InChI is InChI=1S/C26H26N2O5S/c1-30-20-13-9-8-12-18(20)16-34-26-27-22-19(14-21(31-2)23(32-3)24(22)33-4)25(29)28(26)15-17-10-6-5-7-11-17/h5-14H,15-16H2,1-4H3. The Bertz CT molecular complexity index is 1360. The average molecular weight is 479 g/mol. The number of hydrogen-bond acceptors (Lipinski definition) is 7. The van der Waals surface area contributed by atoms with Gasteiger partial charge in [0, 0.05) is 11.3 Å². The van der Waals surface area contributed by atoms with E-state index in [2.05, 4.69) is 0 Å². The zero-order valence-electron chi connectivity index (χ0n) is 19.5. The van der Waals surface area contributed by atoms with E-state index in [9.17, 15) is 4.79 Å². The molecule has 176 valence electrons. The largest absolute Gasteiger partial charge is 0.496 e. The van der Waals surface area contributed by atoms with Crippen LogP contribution in [0.4, 0.5) is 0 Å². The van der Waals surface area contributed by atoms with Crippen molar-refractivity contribution < 1.29 is 18.9 Å². The van der Waals surface area contributed by atoms with E-state index in [0.29, 0.717) is 45.6 Å². The Morgan fingerprint density at radius 1 is 0.824 bits per heavy atom. The molecule has 3 aromatic carbocycles. The molecule has 8 heteroatoms. The Hall–Kier alpha value is -3.65. The summed E-state index contributed by atoms with van der Waals surface area (Å²) in [6.45, 7) is 0.382. The summed E-state index contributed by atoms with van der Waals surface area (Å²) in [7, 11) is 6.22. The Morgan fingerprint density at radius 3 is 2.18 bits per heavy atom. The minimum atomic E-state index is -0.185. The number of para-hydroxylation sites is 1. The number of nitrogens with zero attached hydrogens (tertiary/aromatic N) is 2. The molecule has 0 spiro atoms. The minimum absolute atomic E-state index is 0.185. The number of aromatic nitrogens is 2. The predicted molar refractivity (Wildman–Crippen MR) is 134 cm³/mol. The molecule has 4 rings (SSSR count). The predicted octanol–water partition coefficient (Wildman–Crippen LogP) is 4.77. The number of rotatable bonds is 9. The van der Waals surface area contributed by atoms with Crippen molar-refractivity contribution in [3.05, 3.63) is 82.1 Å². The Labute approximate surface area is 202 Å². The van der Waals surface area contributed by atoms with Gasteiger partial charge in [-0.3, -0.25) is 9.36 Å². The Kier molecular flexibility index (Phi) is 7.27. The first-order valence-corrected chi connectivity index (χ1v) is 11.6. The van der Waals surface area contributed by atoms with Gasteiger partial charge in [0.05, 0.1) is 40.4 Å². The van der Waals surface area contributed by atoms with Crippen molar-refractivity contribution in [2.75, 3.05) is 28.4 Å². The first-order valence-electron chi connectivity index (χ1n) is 10.6. The van der Waals surface area contributed by atoms with Crippen molar-refractivity contribution in [2.24, 2.45) is 0 Å². The summed E-state index contributed by atoms with van der Waals surface area (Å²) in [6, 6.07) is 19.3. The van der Waals surface area contributed by atoms with Gasteiger partial charge in [0.1, 0.15) is 11.3 Å². The van der Waals surface area contributed by atoms with E-state index in [1.165, 1.54) is 33.1 Å². The van der Waals surface area contributed by atoms with Crippen LogP contribution in [0.15, 0.2) is 70.6 Å². The van der Waals surface area contributed by atoms with Crippen molar-refractivity contribution in [1.82, 2.24) is 9.55 Å². The van der Waals surface area contributed by atoms with Crippen LogP contribution in [-0.4, -0.2) is 38.0 Å². The summed E-state index contributed by atoms with van der Waals surface area (Å²) in [6.07, 6.45) is 0. The van der Waals surface area contributed by atoms with Gasteiger partial charge in [0.2, 0.25) is 5.75 Å². The molecule has 0 bridgehead atoms. The zero-order chi connectivity index (χ0) is 24.1. The third-order valence-corrected chi connectivity index (χ3v) is 6.48. The van der Waals surface area contributed by atoms with Crippen LogP contribution in [0.3, 0.4) is 0 Å². The fraction of sp³-hybridized carbons (Fsp3) is 0.231. The molecule has 4 aromatic rings. The van der Waals surface area contributed by atoms with Crippen molar-refractivity contribution in [1.29, 1.82) is 0 Å². The molecule has 0 radical (unpaired) electrons. The van der Waals surface area contributed by atoms with Gasteiger partial charge in [-0.15, -0.1) is 0 Å². The molecule has 0 aliphatic heterocycles. The summed E-state index contributed by atoms with van der Waals surface area (Å²) in [5.74, 6) is 2.53. The van der Waals surface area contributed by atoms with Crippen LogP contribution >= 0.6 is 11.8 Å². The Balaban J connectivity index is 1.90. The van der Waals surface area contributed by atoms with Crippen molar-refractivity contribution in [2.45, 2.75) is 17.5 Å². The molecule has 1 heterocycles. The fourth-order valence-corrected chi connectivity index (χ4v) is 4.77. The second-order valence-electron chi connectivity index (χ2n) is 7.41. The van der Waals surface area contributed by atoms with Crippen LogP contribution in [-0.2, 0) is 12.3 Å². The number of thioether (sulfide) groups is 1. The van der Waals surface area contributed by atoms with Crippen LogP contribution < -0.4 is 24.5 Å². The highest BCUT2D eigenvalue weighted by atomic mass is 32.2. The highest BCUT2D eigenvalue weighted by Gasteiger charge is 2.22. The van der Waals surface area contributed by atoms with Crippen molar-refractivity contribution in [3.63, 3.8) is 0 Å². The van der Waals surface area contributed by atoms with Gasteiger partial charge < -0.3 is 18.9 Å². The number of methoxy groups -OCH3 is 4. The van der Waals surface area contributed by atoms with Crippen LogP contribution in [0.2, 0.25) is 0 Å². The molecule has 0 saturated carbocycles. The van der Waals surface area contributed by atoms with Crippen LogP contribution in [0.5, 0.6) is 23.0 Å². The highest BCUT2D eigenvalue weighted by Crippen LogP contribution is 2.42. The molecule has 0 unspecified atom stereocenters. The normalized spacial score (nSPS) is 10.8. The van der Waals surface area contributed by atoms with Gasteiger partial charge in [-0.1, -0.05) is 60.3 Å². The maximum Gasteiger partial charge on any atom is 0.262 e. The van der Waals surface area contributed by atoms with Gasteiger partial charge in [-0.05, 0) is 17.7 Å². The fourth-order valence-electron chi connectivity index (χ4n) is 3.78. The van der Waals surface area contributed by atoms with Gasteiger partial charge >= 0.3 is 0 Å². The highest BCUT2D eigenvalue weighted by molar-refractivity contribution is 7.98. The topological polar surface area (TPSA) is 71.8 Å². The van der Waals surface area contributed by atoms with Gasteiger partial charge in [0.15, 0.2) is 16.7 Å². The summed E-state index contributed by atoms with van der Waals surface area (Å²) in [5.41, 5.74) is 2.25. The molecule has 1 aromatic heterocycles. The molecule has 0 aliphatic carbocycles. The lowest BCUT2D eigenvalue weighted by Gasteiger charge is -2.18. The molecular formula is C26H26N2O5S. The monoisotopic (exact) mass is 478 g/mol. The molecule has 0 saturated heterocycles. The second kappa shape index (κ2) is 10.5. The van der Waals surface area contributed by atoms with E-state index in [4.69, 9.17) is 23.9 Å². The lowest BCUT2D eigenvalue weighted by molar-refractivity contribution is 0.326. The van der Waals surface area contributed by atoms with E-state index < -0.39 is 0 Å². The maximum atomic E-state index is 13.8. The van der Waals surface area contributed by atoms with Crippen LogP contribution in [0.25, 0.3) is 10.9 Å². The van der Waals surface area contributed by atoms with E-state index in [1.54, 1.807) is 17.7 Å². The summed E-state index contributed by atoms with van der Waals surface area (Å²) >= 11 is 1.46. The summed E-state index contributed by atoms with van der Waals surface area (Å²) in [5, 5.41) is 0.963. The SMILES string of the molecule is COc1ccccc1CSc1nc2c(OC)c(OC)c(OC)cc2c(=O)n1Cc1ccccc1. The lowest BCUT2D eigenvalue weighted by Crippen LogP contribution is -2.24. The summed E-state index contributed by atoms with van der Waals surface area (Å²) in [4.78, 5) is 18.6. The third-order valence-electron chi connectivity index (χ3n) is 5.45. The zero-order valence-corrected chi connectivity index (χ0v) is 20.3. The number of fused-ring (bicyclic) bond motifs is 1. The molecule has 0 atom stereocenters. The quantitative estimate of drug-likeness (QED) is 0.253. The van der Waals surface area contributed by atoms with Gasteiger partial charge in [0.25, 0.3) is 5.56 Å². The number of benzene rings is 3. The number of ether oxygens (including phenoxy) is 4. The molecule has 0 amide bonds. The first kappa shape index (κ1) is 23.5. The molecule has 0 aliphatic rings. The van der Waals surface area contributed by atoms with Crippen molar-refractivity contribution in [3.8, 4) is 23.0 Å². The van der Waals surface area contributed by atoms with Gasteiger partial charge in [-0.25, -0.2) is 4.98 Å². The first-order chi connectivity index (χ1) is 16.6. The Morgan fingerprint density at radius 2 is 1.50 bits per heavy atom.